The van der Waals surface area contributed by atoms with Crippen LogP contribution in [-0.2, 0) is 16.1 Å². The number of hydrogen-bond acceptors (Lipinski definition) is 9. The Kier molecular flexibility index (Phi) is 9.80. The van der Waals surface area contributed by atoms with Crippen molar-refractivity contribution in [1.82, 2.24) is 4.57 Å². The Balaban J connectivity index is 1.52. The van der Waals surface area contributed by atoms with Gasteiger partial charge in [0.1, 0.15) is 12.4 Å². The normalized spacial score (nSPS) is 14.3. The molecule has 3 aromatic carbocycles. The lowest BCUT2D eigenvalue weighted by atomic mass is 9.96. The van der Waals surface area contributed by atoms with Crippen molar-refractivity contribution in [2.75, 3.05) is 19.8 Å². The van der Waals surface area contributed by atoms with Crippen molar-refractivity contribution < 1.29 is 23.7 Å². The molecule has 1 aromatic heterocycles. The third-order valence-electron chi connectivity index (χ3n) is 7.07. The van der Waals surface area contributed by atoms with E-state index >= 15 is 0 Å². The molecule has 4 aromatic rings. The molecule has 0 radical (unpaired) electrons. The number of esters is 1. The number of nitriles is 1. The van der Waals surface area contributed by atoms with Gasteiger partial charge in [-0.3, -0.25) is 9.36 Å². The molecule has 0 unspecified atom stereocenters. The first-order valence-electron chi connectivity index (χ1n) is 14.7. The molecule has 2 heterocycles. The standard InChI is InChI=1S/C35H33N3O6S/c1-5-41-27-15-13-26(14-16-27)32-31(34(40)43-7-3)22(4)37-35-38(32)33(39)30(45-35)19-25-12-17-28(29(18-25)42-6-2)44-21-24-10-8-23(20-36)9-11-24/h8-19,32H,5-7,21H2,1-4H3/b30-19-/t32-/m0/s1. The lowest BCUT2D eigenvalue weighted by Crippen LogP contribution is -2.39. The van der Waals surface area contributed by atoms with E-state index in [0.29, 0.717) is 63.2 Å². The Labute approximate surface area is 264 Å². The Morgan fingerprint density at radius 2 is 1.69 bits per heavy atom. The number of carbonyl (C=O) groups excluding carboxylic acids is 1. The molecule has 1 aliphatic rings. The second kappa shape index (κ2) is 14.1. The summed E-state index contributed by atoms with van der Waals surface area (Å²) in [6.07, 6.45) is 1.79. The average molecular weight is 624 g/mol. The second-order valence-corrected chi connectivity index (χ2v) is 11.1. The Morgan fingerprint density at radius 1 is 0.956 bits per heavy atom. The van der Waals surface area contributed by atoms with Crippen LogP contribution in [0.1, 0.15) is 56.0 Å². The van der Waals surface area contributed by atoms with E-state index in [9.17, 15) is 9.59 Å². The van der Waals surface area contributed by atoms with Gasteiger partial charge in [0.15, 0.2) is 16.3 Å². The van der Waals surface area contributed by atoms with Crippen LogP contribution in [0.5, 0.6) is 17.2 Å². The fourth-order valence-electron chi connectivity index (χ4n) is 5.01. The number of benzene rings is 3. The minimum absolute atomic E-state index is 0.200. The second-order valence-electron chi connectivity index (χ2n) is 10.0. The third-order valence-corrected chi connectivity index (χ3v) is 8.05. The van der Waals surface area contributed by atoms with Gasteiger partial charge in [-0.2, -0.15) is 5.26 Å². The molecule has 0 amide bonds. The maximum Gasteiger partial charge on any atom is 0.338 e. The number of allylic oxidation sites excluding steroid dienone is 1. The monoisotopic (exact) mass is 623 g/mol. The van der Waals surface area contributed by atoms with E-state index in [1.807, 2.05) is 68.4 Å². The number of rotatable bonds is 11. The molecule has 0 N–H and O–H groups in total. The molecule has 0 saturated carbocycles. The van der Waals surface area contributed by atoms with Crippen LogP contribution in [0.2, 0.25) is 0 Å². The van der Waals surface area contributed by atoms with Crippen LogP contribution in [0, 0.1) is 11.3 Å². The Bertz CT molecular complexity index is 1950. The van der Waals surface area contributed by atoms with Gasteiger partial charge in [0.05, 0.1) is 53.3 Å². The third kappa shape index (κ3) is 6.84. The molecule has 0 aliphatic carbocycles. The molecule has 1 aliphatic heterocycles. The van der Waals surface area contributed by atoms with E-state index in [4.69, 9.17) is 24.2 Å². The fraction of sp³-hybridized carbons (Fsp3) is 0.257. The first kappa shape index (κ1) is 31.3. The highest BCUT2D eigenvalue weighted by Gasteiger charge is 2.33. The lowest BCUT2D eigenvalue weighted by Gasteiger charge is -2.24. The molecule has 0 saturated heterocycles. The van der Waals surface area contributed by atoms with Crippen LogP contribution in [0.15, 0.2) is 87.8 Å². The summed E-state index contributed by atoms with van der Waals surface area (Å²) in [6, 6.07) is 21.5. The number of thiazole rings is 1. The summed E-state index contributed by atoms with van der Waals surface area (Å²) in [4.78, 5) is 32.3. The van der Waals surface area contributed by atoms with Crippen molar-refractivity contribution in [3.8, 4) is 23.3 Å². The van der Waals surface area contributed by atoms with Gasteiger partial charge in [-0.05, 0) is 86.9 Å². The molecule has 230 valence electrons. The van der Waals surface area contributed by atoms with Crippen LogP contribution in [-0.4, -0.2) is 30.4 Å². The number of aromatic nitrogens is 1. The summed E-state index contributed by atoms with van der Waals surface area (Å²) >= 11 is 1.25. The molecular formula is C35H33N3O6S. The highest BCUT2D eigenvalue weighted by molar-refractivity contribution is 7.07. The van der Waals surface area contributed by atoms with Crippen molar-refractivity contribution in [3.63, 3.8) is 0 Å². The molecule has 1 atom stereocenters. The summed E-state index contributed by atoms with van der Waals surface area (Å²) in [7, 11) is 0. The number of hydrogen-bond donors (Lipinski definition) is 0. The van der Waals surface area contributed by atoms with Crippen molar-refractivity contribution in [2.24, 2.45) is 4.99 Å². The minimum Gasteiger partial charge on any atom is -0.494 e. The molecule has 0 bridgehead atoms. The van der Waals surface area contributed by atoms with E-state index in [1.54, 1.807) is 36.6 Å². The largest absolute Gasteiger partial charge is 0.494 e. The molecule has 5 rings (SSSR count). The average Bonchev–Trinajstić information content (AvgIpc) is 3.34. The summed E-state index contributed by atoms with van der Waals surface area (Å²) in [5.74, 6) is 1.29. The summed E-state index contributed by atoms with van der Waals surface area (Å²) in [5, 5.41) is 9.03. The van der Waals surface area contributed by atoms with Gasteiger partial charge in [-0.15, -0.1) is 0 Å². The zero-order valence-electron chi connectivity index (χ0n) is 25.5. The quantitative estimate of drug-likeness (QED) is 0.215. The van der Waals surface area contributed by atoms with Crippen LogP contribution in [0.3, 0.4) is 0 Å². The smallest absolute Gasteiger partial charge is 0.338 e. The topological polar surface area (TPSA) is 112 Å². The molecule has 0 fully saturated rings. The number of nitrogens with zero attached hydrogens (tertiary/aromatic N) is 3. The zero-order chi connectivity index (χ0) is 31.9. The molecular weight excluding hydrogens is 590 g/mol. The van der Waals surface area contributed by atoms with Gasteiger partial charge in [-0.25, -0.2) is 9.79 Å². The van der Waals surface area contributed by atoms with Gasteiger partial charge in [-0.1, -0.05) is 41.7 Å². The summed E-state index contributed by atoms with van der Waals surface area (Å²) in [5.41, 5.74) is 3.54. The van der Waals surface area contributed by atoms with E-state index in [0.717, 1.165) is 16.7 Å². The van der Waals surface area contributed by atoms with E-state index in [-0.39, 0.29) is 12.2 Å². The highest BCUT2D eigenvalue weighted by Crippen LogP contribution is 2.32. The number of carbonyl (C=O) groups is 1. The van der Waals surface area contributed by atoms with E-state index in [1.165, 1.54) is 11.3 Å². The van der Waals surface area contributed by atoms with E-state index < -0.39 is 12.0 Å². The van der Waals surface area contributed by atoms with Gasteiger partial charge >= 0.3 is 5.97 Å². The molecule has 45 heavy (non-hydrogen) atoms. The predicted molar refractivity (Wildman–Crippen MR) is 171 cm³/mol. The maximum absolute atomic E-state index is 14.0. The molecule has 9 nitrogen and oxygen atoms in total. The lowest BCUT2D eigenvalue weighted by molar-refractivity contribution is -0.139. The Hall–Kier alpha value is -5.14. The molecule has 0 spiro atoms. The first-order valence-corrected chi connectivity index (χ1v) is 15.5. The molecule has 10 heteroatoms. The van der Waals surface area contributed by atoms with Crippen LogP contribution < -0.4 is 29.1 Å². The van der Waals surface area contributed by atoms with Crippen molar-refractivity contribution in [2.45, 2.75) is 40.3 Å². The van der Waals surface area contributed by atoms with Gasteiger partial charge in [0.25, 0.3) is 5.56 Å². The van der Waals surface area contributed by atoms with Crippen LogP contribution in [0.25, 0.3) is 6.08 Å². The van der Waals surface area contributed by atoms with Crippen molar-refractivity contribution in [1.29, 1.82) is 5.26 Å². The maximum atomic E-state index is 14.0. The highest BCUT2D eigenvalue weighted by atomic mass is 32.1. The van der Waals surface area contributed by atoms with Crippen LogP contribution >= 0.6 is 11.3 Å². The SMILES string of the molecule is CCOC(=O)C1=C(C)N=c2s/c(=C\c3ccc(OCc4ccc(C#N)cc4)c(OCC)c3)c(=O)n2[C@H]1c1ccc(OCC)cc1. The van der Waals surface area contributed by atoms with Gasteiger partial charge in [0, 0.05) is 0 Å². The number of fused-ring (bicyclic) bond motifs is 1. The predicted octanol–water partition coefficient (Wildman–Crippen LogP) is 5.05. The Morgan fingerprint density at radius 3 is 2.36 bits per heavy atom. The van der Waals surface area contributed by atoms with E-state index in [2.05, 4.69) is 11.1 Å². The zero-order valence-corrected chi connectivity index (χ0v) is 26.3. The fourth-order valence-corrected chi connectivity index (χ4v) is 6.06. The van der Waals surface area contributed by atoms with Gasteiger partial charge < -0.3 is 18.9 Å². The van der Waals surface area contributed by atoms with Crippen LogP contribution in [0.4, 0.5) is 0 Å². The van der Waals surface area contributed by atoms with Crippen molar-refractivity contribution >= 4 is 23.4 Å². The van der Waals surface area contributed by atoms with Gasteiger partial charge in [0.2, 0.25) is 0 Å². The first-order chi connectivity index (χ1) is 21.9. The summed E-state index contributed by atoms with van der Waals surface area (Å²) in [6.45, 7) is 8.76. The number of ether oxygens (including phenoxy) is 4. The minimum atomic E-state index is -0.713. The summed E-state index contributed by atoms with van der Waals surface area (Å²) < 4.78 is 24.9. The van der Waals surface area contributed by atoms with Crippen molar-refractivity contribution in [3.05, 3.63) is 120 Å².